The van der Waals surface area contributed by atoms with Gasteiger partial charge in [-0.1, -0.05) is 12.1 Å². The van der Waals surface area contributed by atoms with Gasteiger partial charge in [-0.3, -0.25) is 4.79 Å². The van der Waals surface area contributed by atoms with Crippen LogP contribution in [0.2, 0.25) is 0 Å². The summed E-state index contributed by atoms with van der Waals surface area (Å²) >= 11 is 3.21. The average Bonchev–Trinajstić information content (AvgIpc) is 3.25. The number of carbonyl (C=O) groups is 1. The van der Waals surface area contributed by atoms with Crippen LogP contribution in [0.5, 0.6) is 5.75 Å². The van der Waals surface area contributed by atoms with Crippen LogP contribution in [0.4, 0.5) is 0 Å². The number of ether oxygens (including phenoxy) is 1. The van der Waals surface area contributed by atoms with Crippen molar-refractivity contribution < 1.29 is 13.9 Å². The van der Waals surface area contributed by atoms with Crippen molar-refractivity contribution in [1.82, 2.24) is 5.32 Å². The molecule has 2 aromatic rings. The lowest BCUT2D eigenvalue weighted by Gasteiger charge is -2.18. The number of halogens is 1. The van der Waals surface area contributed by atoms with Crippen molar-refractivity contribution in [2.75, 3.05) is 7.11 Å². The molecule has 0 radical (unpaired) electrons. The van der Waals surface area contributed by atoms with Crippen LogP contribution in [-0.2, 0) is 0 Å². The second kappa shape index (κ2) is 5.93. The van der Waals surface area contributed by atoms with Gasteiger partial charge in [0.05, 0.1) is 13.2 Å². The molecule has 3 rings (SSSR count). The molecule has 1 aromatic heterocycles. The molecule has 1 unspecified atom stereocenters. The predicted octanol–water partition coefficient (Wildman–Crippen LogP) is 3.93. The van der Waals surface area contributed by atoms with Crippen LogP contribution in [0.25, 0.3) is 0 Å². The summed E-state index contributed by atoms with van der Waals surface area (Å²) in [6, 6.07) is 11.2. The van der Waals surface area contributed by atoms with Gasteiger partial charge in [0.15, 0.2) is 10.4 Å². The zero-order chi connectivity index (χ0) is 14.8. The van der Waals surface area contributed by atoms with Crippen molar-refractivity contribution in [3.05, 3.63) is 52.4 Å². The Labute approximate surface area is 131 Å². The van der Waals surface area contributed by atoms with E-state index >= 15 is 0 Å². The SMILES string of the molecule is COc1ccc(C(NC(=O)c2ccc(Br)o2)C2CC2)cc1. The molecule has 1 amide bonds. The standard InChI is InChI=1S/C16H16BrNO3/c1-20-12-6-4-11(5-7-12)15(10-2-3-10)18-16(19)13-8-9-14(17)21-13/h4-10,15H,2-3H2,1H3,(H,18,19). The molecule has 1 heterocycles. The summed E-state index contributed by atoms with van der Waals surface area (Å²) in [4.78, 5) is 12.2. The Bertz CT molecular complexity index is 631. The number of rotatable bonds is 5. The van der Waals surface area contributed by atoms with E-state index in [-0.39, 0.29) is 11.9 Å². The quantitative estimate of drug-likeness (QED) is 0.889. The lowest BCUT2D eigenvalue weighted by molar-refractivity contribution is 0.0902. The highest BCUT2D eigenvalue weighted by Crippen LogP contribution is 2.41. The number of furan rings is 1. The zero-order valence-electron chi connectivity index (χ0n) is 11.6. The maximum Gasteiger partial charge on any atom is 0.287 e. The largest absolute Gasteiger partial charge is 0.497 e. The summed E-state index contributed by atoms with van der Waals surface area (Å²) in [6.07, 6.45) is 2.28. The third kappa shape index (κ3) is 3.29. The molecule has 1 aliphatic rings. The zero-order valence-corrected chi connectivity index (χ0v) is 13.2. The number of hydrogen-bond acceptors (Lipinski definition) is 3. The van der Waals surface area contributed by atoms with E-state index in [1.807, 2.05) is 24.3 Å². The topological polar surface area (TPSA) is 51.5 Å². The molecular formula is C16H16BrNO3. The predicted molar refractivity (Wildman–Crippen MR) is 82.3 cm³/mol. The third-order valence-corrected chi connectivity index (χ3v) is 4.08. The molecule has 1 aliphatic carbocycles. The van der Waals surface area contributed by atoms with Crippen LogP contribution in [0.3, 0.4) is 0 Å². The summed E-state index contributed by atoms with van der Waals surface area (Å²) in [5.41, 5.74) is 1.09. The third-order valence-electron chi connectivity index (χ3n) is 3.65. The molecule has 1 N–H and O–H groups in total. The average molecular weight is 350 g/mol. The highest BCUT2D eigenvalue weighted by Gasteiger charge is 2.34. The van der Waals surface area contributed by atoms with Gasteiger partial charge in [0, 0.05) is 0 Å². The Morgan fingerprint density at radius 2 is 2.00 bits per heavy atom. The first-order valence-corrected chi connectivity index (χ1v) is 7.67. The first-order chi connectivity index (χ1) is 10.2. The molecule has 110 valence electrons. The second-order valence-corrected chi connectivity index (χ2v) is 5.95. The van der Waals surface area contributed by atoms with Crippen molar-refractivity contribution in [2.45, 2.75) is 18.9 Å². The number of methoxy groups -OCH3 is 1. The monoisotopic (exact) mass is 349 g/mol. The molecule has 1 fully saturated rings. The van der Waals surface area contributed by atoms with Gasteiger partial charge in [-0.25, -0.2) is 0 Å². The maximum absolute atomic E-state index is 12.2. The molecular weight excluding hydrogens is 334 g/mol. The Balaban J connectivity index is 1.76. The number of nitrogens with one attached hydrogen (secondary N) is 1. The Hall–Kier alpha value is -1.75. The summed E-state index contributed by atoms with van der Waals surface area (Å²) < 4.78 is 11.0. The number of benzene rings is 1. The summed E-state index contributed by atoms with van der Waals surface area (Å²) in [7, 11) is 1.64. The molecule has 1 aromatic carbocycles. The van der Waals surface area contributed by atoms with Gasteiger partial charge < -0.3 is 14.5 Å². The smallest absolute Gasteiger partial charge is 0.287 e. The van der Waals surface area contributed by atoms with Crippen LogP contribution in [0, 0.1) is 5.92 Å². The van der Waals surface area contributed by atoms with E-state index in [4.69, 9.17) is 9.15 Å². The minimum atomic E-state index is -0.187. The Morgan fingerprint density at radius 1 is 1.29 bits per heavy atom. The van der Waals surface area contributed by atoms with Gasteiger partial charge in [0.2, 0.25) is 0 Å². The normalized spacial score (nSPS) is 15.5. The summed E-state index contributed by atoms with van der Waals surface area (Å²) in [5.74, 6) is 1.45. The van der Waals surface area contributed by atoms with E-state index in [1.54, 1.807) is 19.2 Å². The fourth-order valence-corrected chi connectivity index (χ4v) is 2.67. The molecule has 1 saturated carbocycles. The lowest BCUT2D eigenvalue weighted by atomic mass is 10.0. The Kier molecular flexibility index (Phi) is 4.01. The van der Waals surface area contributed by atoms with Gasteiger partial charge in [-0.05, 0) is 64.5 Å². The molecule has 21 heavy (non-hydrogen) atoms. The van der Waals surface area contributed by atoms with Gasteiger partial charge in [-0.2, -0.15) is 0 Å². The van der Waals surface area contributed by atoms with Crippen molar-refractivity contribution >= 4 is 21.8 Å². The number of hydrogen-bond donors (Lipinski definition) is 1. The van der Waals surface area contributed by atoms with Crippen LogP contribution in [0.15, 0.2) is 45.5 Å². The van der Waals surface area contributed by atoms with Crippen LogP contribution in [0.1, 0.15) is 35.0 Å². The molecule has 1 atom stereocenters. The van der Waals surface area contributed by atoms with Gasteiger partial charge in [-0.15, -0.1) is 0 Å². The lowest BCUT2D eigenvalue weighted by Crippen LogP contribution is -2.29. The van der Waals surface area contributed by atoms with Gasteiger partial charge in [0.25, 0.3) is 5.91 Å². The minimum absolute atomic E-state index is 0.0206. The van der Waals surface area contributed by atoms with Crippen molar-refractivity contribution in [2.24, 2.45) is 5.92 Å². The van der Waals surface area contributed by atoms with Gasteiger partial charge in [0.1, 0.15) is 5.75 Å². The summed E-state index contributed by atoms with van der Waals surface area (Å²) in [6.45, 7) is 0. The first kappa shape index (κ1) is 14.2. The van der Waals surface area contributed by atoms with E-state index in [2.05, 4.69) is 21.2 Å². The maximum atomic E-state index is 12.2. The summed E-state index contributed by atoms with van der Waals surface area (Å²) in [5, 5.41) is 3.07. The van der Waals surface area contributed by atoms with Crippen molar-refractivity contribution in [1.29, 1.82) is 0 Å². The van der Waals surface area contributed by atoms with E-state index in [0.29, 0.717) is 16.3 Å². The van der Waals surface area contributed by atoms with E-state index in [9.17, 15) is 4.79 Å². The van der Waals surface area contributed by atoms with Crippen LogP contribution in [-0.4, -0.2) is 13.0 Å². The second-order valence-electron chi connectivity index (χ2n) is 5.17. The van der Waals surface area contributed by atoms with Gasteiger partial charge >= 0.3 is 0 Å². The van der Waals surface area contributed by atoms with E-state index in [0.717, 1.165) is 24.2 Å². The van der Waals surface area contributed by atoms with E-state index < -0.39 is 0 Å². The molecule has 0 bridgehead atoms. The fraction of sp³-hybridized carbons (Fsp3) is 0.312. The minimum Gasteiger partial charge on any atom is -0.497 e. The van der Waals surface area contributed by atoms with E-state index in [1.165, 1.54) is 0 Å². The van der Waals surface area contributed by atoms with Crippen molar-refractivity contribution in [3.8, 4) is 5.75 Å². The molecule has 0 aliphatic heterocycles. The molecule has 0 saturated heterocycles. The van der Waals surface area contributed by atoms with Crippen molar-refractivity contribution in [3.63, 3.8) is 0 Å². The fourth-order valence-electron chi connectivity index (χ4n) is 2.36. The molecule has 0 spiro atoms. The number of carbonyl (C=O) groups excluding carboxylic acids is 1. The number of amides is 1. The molecule has 4 nitrogen and oxygen atoms in total. The Morgan fingerprint density at radius 3 is 2.52 bits per heavy atom. The van der Waals surface area contributed by atoms with Crippen LogP contribution < -0.4 is 10.1 Å². The highest BCUT2D eigenvalue weighted by atomic mass is 79.9. The van der Waals surface area contributed by atoms with Crippen LogP contribution >= 0.6 is 15.9 Å². The first-order valence-electron chi connectivity index (χ1n) is 6.87. The highest BCUT2D eigenvalue weighted by molar-refractivity contribution is 9.10. The molecule has 5 heteroatoms.